The molecule has 4 amide bonds. The Morgan fingerprint density at radius 3 is 2.18 bits per heavy atom. The number of hydrogen-bond donors (Lipinski definition) is 4. The molecule has 4 N–H and O–H groups in total. The molecule has 1 aliphatic carbocycles. The lowest BCUT2D eigenvalue weighted by atomic mass is 9.84. The van der Waals surface area contributed by atoms with Gasteiger partial charge in [-0.15, -0.1) is 0 Å². The maximum Gasteiger partial charge on any atom is 0.245 e. The van der Waals surface area contributed by atoms with Gasteiger partial charge in [0, 0.05) is 31.5 Å². The van der Waals surface area contributed by atoms with E-state index in [-0.39, 0.29) is 30.2 Å². The molecule has 1 aliphatic heterocycles. The van der Waals surface area contributed by atoms with Crippen molar-refractivity contribution >= 4 is 23.6 Å². The second-order valence-electron chi connectivity index (χ2n) is 12.0. The zero-order valence-electron chi connectivity index (χ0n) is 23.0. The number of hydroxylamine groups is 1. The summed E-state index contributed by atoms with van der Waals surface area (Å²) in [6.07, 6.45) is 6.39. The van der Waals surface area contributed by atoms with Gasteiger partial charge in [-0.25, -0.2) is 5.48 Å². The van der Waals surface area contributed by atoms with E-state index >= 15 is 0 Å². The van der Waals surface area contributed by atoms with E-state index < -0.39 is 23.3 Å². The number of benzene rings is 1. The highest BCUT2D eigenvalue weighted by Crippen LogP contribution is 2.32. The molecule has 2 aliphatic rings. The molecule has 1 saturated carbocycles. The van der Waals surface area contributed by atoms with Crippen LogP contribution in [0, 0.1) is 17.3 Å². The van der Waals surface area contributed by atoms with Crippen LogP contribution in [0.15, 0.2) is 30.3 Å². The summed E-state index contributed by atoms with van der Waals surface area (Å²) in [4.78, 5) is 53.1. The zero-order chi connectivity index (χ0) is 27.7. The first-order valence-electron chi connectivity index (χ1n) is 13.9. The summed E-state index contributed by atoms with van der Waals surface area (Å²) in [6, 6.07) is 8.86. The van der Waals surface area contributed by atoms with E-state index in [0.717, 1.165) is 31.2 Å². The average Bonchev–Trinajstić information content (AvgIpc) is 3.39. The van der Waals surface area contributed by atoms with Crippen molar-refractivity contribution in [2.75, 3.05) is 13.1 Å². The minimum Gasteiger partial charge on any atom is -0.353 e. The molecule has 210 valence electrons. The van der Waals surface area contributed by atoms with Crippen molar-refractivity contribution in [3.8, 4) is 0 Å². The van der Waals surface area contributed by atoms with Gasteiger partial charge >= 0.3 is 0 Å². The molecule has 2 atom stereocenters. The van der Waals surface area contributed by atoms with Crippen molar-refractivity contribution in [1.82, 2.24) is 21.0 Å². The second-order valence-corrected chi connectivity index (χ2v) is 12.0. The molecule has 9 nitrogen and oxygen atoms in total. The van der Waals surface area contributed by atoms with Crippen LogP contribution in [0.4, 0.5) is 0 Å². The molecule has 38 heavy (non-hydrogen) atoms. The van der Waals surface area contributed by atoms with Crippen LogP contribution in [-0.2, 0) is 25.6 Å². The van der Waals surface area contributed by atoms with E-state index in [1.807, 2.05) is 51.1 Å². The molecule has 0 radical (unpaired) electrons. The summed E-state index contributed by atoms with van der Waals surface area (Å²) in [7, 11) is 0. The molecule has 1 aromatic carbocycles. The van der Waals surface area contributed by atoms with Crippen molar-refractivity contribution in [3.63, 3.8) is 0 Å². The number of amides is 4. The number of piperidine rings is 1. The lowest BCUT2D eigenvalue weighted by molar-refractivity contribution is -0.142. The van der Waals surface area contributed by atoms with Crippen LogP contribution >= 0.6 is 0 Å². The lowest BCUT2D eigenvalue weighted by Gasteiger charge is -2.39. The van der Waals surface area contributed by atoms with Gasteiger partial charge in [-0.05, 0) is 36.2 Å². The van der Waals surface area contributed by atoms with Crippen molar-refractivity contribution < 1.29 is 24.4 Å². The molecule has 3 rings (SSSR count). The average molecular weight is 529 g/mol. The number of carbonyl (C=O) groups excluding carboxylic acids is 4. The van der Waals surface area contributed by atoms with Crippen LogP contribution in [0.5, 0.6) is 0 Å². The summed E-state index contributed by atoms with van der Waals surface area (Å²) in [5.41, 5.74) is 2.07. The van der Waals surface area contributed by atoms with Crippen molar-refractivity contribution in [1.29, 1.82) is 0 Å². The molecule has 1 saturated heterocycles. The van der Waals surface area contributed by atoms with Crippen LogP contribution in [-0.4, -0.2) is 58.9 Å². The number of nitrogens with one attached hydrogen (secondary N) is 3. The number of likely N-dealkylation sites (tertiary alicyclic amines) is 1. The molecule has 0 bridgehead atoms. The summed E-state index contributed by atoms with van der Waals surface area (Å²) in [5, 5.41) is 15.1. The Labute approximate surface area is 226 Å². The highest BCUT2D eigenvalue weighted by atomic mass is 16.5. The normalized spacial score (nSPS) is 18.5. The fourth-order valence-corrected chi connectivity index (χ4v) is 5.60. The largest absolute Gasteiger partial charge is 0.353 e. The quantitative estimate of drug-likeness (QED) is 0.274. The van der Waals surface area contributed by atoms with Gasteiger partial charge < -0.3 is 15.5 Å². The third kappa shape index (κ3) is 8.82. The van der Waals surface area contributed by atoms with Crippen LogP contribution in [0.1, 0.15) is 77.7 Å². The Balaban J connectivity index is 1.57. The van der Waals surface area contributed by atoms with Crippen molar-refractivity contribution in [2.24, 2.45) is 17.3 Å². The topological polar surface area (TPSA) is 128 Å². The fourth-order valence-electron chi connectivity index (χ4n) is 5.60. The van der Waals surface area contributed by atoms with Gasteiger partial charge in [0.25, 0.3) is 0 Å². The highest BCUT2D eigenvalue weighted by Gasteiger charge is 2.39. The maximum atomic E-state index is 13.6. The third-order valence-corrected chi connectivity index (χ3v) is 7.80. The van der Waals surface area contributed by atoms with Gasteiger partial charge in [0.15, 0.2) is 0 Å². The van der Waals surface area contributed by atoms with E-state index in [1.54, 1.807) is 10.4 Å². The maximum absolute atomic E-state index is 13.6. The number of hydrogen-bond acceptors (Lipinski definition) is 5. The molecular formula is C29H44N4O5. The van der Waals surface area contributed by atoms with Crippen molar-refractivity contribution in [2.45, 2.75) is 90.6 Å². The van der Waals surface area contributed by atoms with Gasteiger partial charge in [-0.1, -0.05) is 76.8 Å². The first kappa shape index (κ1) is 29.6. The van der Waals surface area contributed by atoms with Gasteiger partial charge in [0.1, 0.15) is 6.04 Å². The Kier molecular flexibility index (Phi) is 10.7. The minimum absolute atomic E-state index is 0.00530. The minimum atomic E-state index is -0.748. The standard InChI is InChI=1S/C29H44N4O5/c1-29(2,3)26(31-27(36)22(19-25(35)32-38)17-20-11-7-8-12-20)28(37)33-15-13-23(14-16-33)30-24(34)18-21-9-5-4-6-10-21/h4-6,9-10,20,22-23,26,38H,7-8,11-19H2,1-3H3,(H,30,34)(H,31,36)(H,32,35)/t22-,26-/m1/s1. The number of nitrogens with zero attached hydrogens (tertiary/aromatic N) is 1. The van der Waals surface area contributed by atoms with Crippen LogP contribution < -0.4 is 16.1 Å². The van der Waals surface area contributed by atoms with E-state index in [2.05, 4.69) is 10.6 Å². The smallest absolute Gasteiger partial charge is 0.245 e. The van der Waals surface area contributed by atoms with Gasteiger partial charge in [-0.2, -0.15) is 0 Å². The Morgan fingerprint density at radius 1 is 0.974 bits per heavy atom. The molecule has 0 aromatic heterocycles. The molecule has 2 fully saturated rings. The Morgan fingerprint density at radius 2 is 1.61 bits per heavy atom. The molecular weight excluding hydrogens is 484 g/mol. The number of carbonyl (C=O) groups is 4. The van der Waals surface area contributed by atoms with E-state index in [9.17, 15) is 19.2 Å². The molecule has 1 heterocycles. The van der Waals surface area contributed by atoms with Crippen LogP contribution in [0.3, 0.4) is 0 Å². The monoisotopic (exact) mass is 528 g/mol. The lowest BCUT2D eigenvalue weighted by Crippen LogP contribution is -2.58. The summed E-state index contributed by atoms with van der Waals surface area (Å²) in [6.45, 7) is 6.74. The van der Waals surface area contributed by atoms with Crippen molar-refractivity contribution in [3.05, 3.63) is 35.9 Å². The van der Waals surface area contributed by atoms with Crippen LogP contribution in [0.25, 0.3) is 0 Å². The Hall–Kier alpha value is -2.94. The van der Waals surface area contributed by atoms with E-state index in [1.165, 1.54) is 0 Å². The molecule has 9 heteroatoms. The summed E-state index contributed by atoms with van der Waals surface area (Å²) < 4.78 is 0. The van der Waals surface area contributed by atoms with Crippen LogP contribution in [0.2, 0.25) is 0 Å². The molecule has 1 aromatic rings. The first-order chi connectivity index (χ1) is 18.1. The predicted molar refractivity (Wildman–Crippen MR) is 144 cm³/mol. The molecule has 0 spiro atoms. The first-order valence-corrected chi connectivity index (χ1v) is 13.9. The van der Waals surface area contributed by atoms with E-state index in [4.69, 9.17) is 5.21 Å². The Bertz CT molecular complexity index is 947. The predicted octanol–water partition coefficient (Wildman–Crippen LogP) is 2.96. The highest BCUT2D eigenvalue weighted by molar-refractivity contribution is 5.91. The summed E-state index contributed by atoms with van der Waals surface area (Å²) >= 11 is 0. The van der Waals surface area contributed by atoms with Gasteiger partial charge in [0.05, 0.1) is 6.42 Å². The number of rotatable bonds is 10. The van der Waals surface area contributed by atoms with Gasteiger partial charge in [0.2, 0.25) is 23.6 Å². The molecule has 0 unspecified atom stereocenters. The van der Waals surface area contributed by atoms with Gasteiger partial charge in [-0.3, -0.25) is 24.4 Å². The summed E-state index contributed by atoms with van der Waals surface area (Å²) in [5.74, 6) is -1.33. The SMILES string of the molecule is CC(C)(C)[C@H](NC(=O)[C@@H](CC(=O)NO)CC1CCCC1)C(=O)N1CCC(NC(=O)Cc2ccccc2)CC1. The third-order valence-electron chi connectivity index (χ3n) is 7.80. The fraction of sp³-hybridized carbons (Fsp3) is 0.655. The zero-order valence-corrected chi connectivity index (χ0v) is 23.0. The van der Waals surface area contributed by atoms with E-state index in [0.29, 0.717) is 44.7 Å². The second kappa shape index (κ2) is 13.7.